The minimum Gasteiger partial charge on any atom is -0.454 e. The molecule has 2 aromatic rings. The number of ether oxygens (including phenoxy) is 1. The van der Waals surface area contributed by atoms with Gasteiger partial charge in [0, 0.05) is 12.1 Å². The van der Waals surface area contributed by atoms with Crippen molar-refractivity contribution < 1.29 is 27.7 Å². The van der Waals surface area contributed by atoms with Gasteiger partial charge in [0.2, 0.25) is 0 Å². The number of hydrogen-bond donors (Lipinski definition) is 1. The zero-order valence-corrected chi connectivity index (χ0v) is 19.7. The van der Waals surface area contributed by atoms with Crippen LogP contribution in [-0.2, 0) is 24.2 Å². The molecule has 1 aliphatic carbocycles. The van der Waals surface area contributed by atoms with Gasteiger partial charge in [0.15, 0.2) is 21.2 Å². The van der Waals surface area contributed by atoms with Crippen LogP contribution in [0.15, 0.2) is 41.3 Å². The minimum atomic E-state index is -4.08. The lowest BCUT2D eigenvalue weighted by Gasteiger charge is -2.27. The number of nitrogens with one attached hydrogen (secondary N) is 1. The first kappa shape index (κ1) is 24.7. The third-order valence-corrected chi connectivity index (χ3v) is 8.65. The van der Waals surface area contributed by atoms with Gasteiger partial charge in [0.1, 0.15) is 0 Å². The number of halogens is 1. The van der Waals surface area contributed by atoms with Gasteiger partial charge in [-0.3, -0.25) is 19.7 Å². The second-order valence-electron chi connectivity index (χ2n) is 8.02. The van der Waals surface area contributed by atoms with E-state index in [0.29, 0.717) is 18.4 Å². The lowest BCUT2D eigenvalue weighted by atomic mass is 10.1. The van der Waals surface area contributed by atoms with Gasteiger partial charge >= 0.3 is 5.97 Å². The molecule has 9 nitrogen and oxygen atoms in total. The lowest BCUT2D eigenvalue weighted by molar-refractivity contribution is -0.384. The van der Waals surface area contributed by atoms with Gasteiger partial charge in [0.05, 0.1) is 20.5 Å². The summed E-state index contributed by atoms with van der Waals surface area (Å²) >= 11 is 5.96. The van der Waals surface area contributed by atoms with Crippen molar-refractivity contribution in [3.63, 3.8) is 0 Å². The molecule has 1 fully saturated rings. The number of nitrogens with zero attached hydrogens (tertiary/aromatic N) is 1. The first-order valence-electron chi connectivity index (χ1n) is 10.2. The number of carbonyl (C=O) groups is 2. The van der Waals surface area contributed by atoms with Crippen LogP contribution in [0.25, 0.3) is 0 Å². The van der Waals surface area contributed by atoms with E-state index < -0.39 is 38.0 Å². The van der Waals surface area contributed by atoms with Crippen LogP contribution < -0.4 is 5.32 Å². The molecule has 0 aliphatic heterocycles. The lowest BCUT2D eigenvalue weighted by Crippen LogP contribution is -2.46. The molecular weight excluding hydrogens is 472 g/mol. The Morgan fingerprint density at radius 3 is 2.45 bits per heavy atom. The predicted octanol–water partition coefficient (Wildman–Crippen LogP) is 4.13. The van der Waals surface area contributed by atoms with Gasteiger partial charge in [0.25, 0.3) is 11.6 Å². The van der Waals surface area contributed by atoms with Gasteiger partial charge in [-0.2, -0.15) is 0 Å². The highest BCUT2D eigenvalue weighted by Gasteiger charge is 2.54. The molecule has 1 saturated carbocycles. The molecule has 0 saturated heterocycles. The number of esters is 1. The first-order valence-corrected chi connectivity index (χ1v) is 12.1. The van der Waals surface area contributed by atoms with Gasteiger partial charge in [-0.1, -0.05) is 36.6 Å². The van der Waals surface area contributed by atoms with Crippen molar-refractivity contribution in [3.05, 3.63) is 62.7 Å². The van der Waals surface area contributed by atoms with Crippen LogP contribution in [0.3, 0.4) is 0 Å². The van der Waals surface area contributed by atoms with Crippen molar-refractivity contribution in [2.24, 2.45) is 0 Å². The summed E-state index contributed by atoms with van der Waals surface area (Å²) in [4.78, 5) is 35.7. The summed E-state index contributed by atoms with van der Waals surface area (Å²) in [6.07, 6.45) is 1.27. The van der Waals surface area contributed by atoms with Crippen molar-refractivity contribution in [2.75, 3.05) is 11.9 Å². The highest BCUT2D eigenvalue weighted by Crippen LogP contribution is 2.42. The number of nitro groups is 1. The molecule has 0 heterocycles. The number of amides is 1. The van der Waals surface area contributed by atoms with Crippen molar-refractivity contribution in [1.82, 2.24) is 0 Å². The number of aryl methyl sites for hydroxylation is 2. The number of nitro benzene ring substituents is 1. The molecule has 0 spiro atoms. The van der Waals surface area contributed by atoms with Gasteiger partial charge < -0.3 is 10.1 Å². The number of anilines is 1. The second kappa shape index (κ2) is 9.48. The molecule has 0 aromatic heterocycles. The average Bonchev–Trinajstić information content (AvgIpc) is 3.27. The summed E-state index contributed by atoms with van der Waals surface area (Å²) in [5, 5.41) is 13.3. The van der Waals surface area contributed by atoms with Crippen LogP contribution in [0.1, 0.15) is 36.8 Å². The highest BCUT2D eigenvalue weighted by atomic mass is 35.5. The fourth-order valence-electron chi connectivity index (χ4n) is 3.91. The normalized spacial score (nSPS) is 15.1. The minimum absolute atomic E-state index is 0.0227. The van der Waals surface area contributed by atoms with Crippen molar-refractivity contribution in [1.29, 1.82) is 0 Å². The van der Waals surface area contributed by atoms with E-state index in [2.05, 4.69) is 5.32 Å². The number of carbonyl (C=O) groups excluding carboxylic acids is 2. The molecule has 1 N–H and O–H groups in total. The Kier molecular flexibility index (Phi) is 7.08. The van der Waals surface area contributed by atoms with E-state index in [1.807, 2.05) is 0 Å². The molecule has 0 atom stereocenters. The molecule has 1 amide bonds. The molecule has 3 rings (SSSR count). The Bertz CT molecular complexity index is 1220. The summed E-state index contributed by atoms with van der Waals surface area (Å²) in [5.74, 6) is -1.79. The zero-order valence-electron chi connectivity index (χ0n) is 18.1. The van der Waals surface area contributed by atoms with E-state index in [9.17, 15) is 28.1 Å². The van der Waals surface area contributed by atoms with Crippen LogP contribution in [0.2, 0.25) is 5.02 Å². The largest absolute Gasteiger partial charge is 0.454 e. The Hall–Kier alpha value is -2.98. The van der Waals surface area contributed by atoms with Crippen molar-refractivity contribution in [3.8, 4) is 0 Å². The summed E-state index contributed by atoms with van der Waals surface area (Å²) in [5.41, 5.74) is 0.966. The smallest absolute Gasteiger partial charge is 0.328 e. The molecule has 0 radical (unpaired) electrons. The van der Waals surface area contributed by atoms with Crippen LogP contribution >= 0.6 is 11.6 Å². The molecule has 176 valence electrons. The molecule has 1 aliphatic rings. The van der Waals surface area contributed by atoms with Gasteiger partial charge in [-0.05, 0) is 49.9 Å². The number of sulfone groups is 1. The van der Waals surface area contributed by atoms with E-state index in [1.54, 1.807) is 26.0 Å². The standard InChI is InChI=1S/C22H23ClN2O7S/c1-14-5-6-15(2)19(11-14)33(30,31)22(9-3-4-10-22)21(27)32-13-20(26)24-18-12-16(25(28)29)7-8-17(18)23/h5-8,11-12H,3-4,9-10,13H2,1-2H3,(H,24,26). The summed E-state index contributed by atoms with van der Waals surface area (Å²) in [6.45, 7) is 2.67. The Labute approximate surface area is 196 Å². The van der Waals surface area contributed by atoms with Gasteiger partial charge in [-0.25, -0.2) is 8.42 Å². The highest BCUT2D eigenvalue weighted by molar-refractivity contribution is 7.93. The van der Waals surface area contributed by atoms with Crippen molar-refractivity contribution in [2.45, 2.75) is 49.2 Å². The van der Waals surface area contributed by atoms with E-state index >= 15 is 0 Å². The number of non-ortho nitro benzene ring substituents is 1. The predicted molar refractivity (Wildman–Crippen MR) is 122 cm³/mol. The van der Waals surface area contributed by atoms with E-state index in [-0.39, 0.29) is 34.1 Å². The summed E-state index contributed by atoms with van der Waals surface area (Å²) < 4.78 is 30.5. The number of rotatable bonds is 7. The van der Waals surface area contributed by atoms with E-state index in [1.165, 1.54) is 18.2 Å². The summed E-state index contributed by atoms with van der Waals surface area (Å²) in [6, 6.07) is 8.52. The Morgan fingerprint density at radius 1 is 1.15 bits per heavy atom. The molecule has 2 aromatic carbocycles. The maximum atomic E-state index is 13.6. The van der Waals surface area contributed by atoms with E-state index in [4.69, 9.17) is 16.3 Å². The number of hydrogen-bond acceptors (Lipinski definition) is 7. The van der Waals surface area contributed by atoms with Crippen LogP contribution in [0, 0.1) is 24.0 Å². The molecule has 33 heavy (non-hydrogen) atoms. The maximum absolute atomic E-state index is 13.6. The van der Waals surface area contributed by atoms with Crippen LogP contribution in [0.5, 0.6) is 0 Å². The van der Waals surface area contributed by atoms with Crippen LogP contribution in [-0.4, -0.2) is 36.6 Å². The monoisotopic (exact) mass is 494 g/mol. The molecule has 11 heteroatoms. The maximum Gasteiger partial charge on any atom is 0.328 e. The molecular formula is C22H23ClN2O7S. The fourth-order valence-corrected chi connectivity index (χ4v) is 6.43. The summed E-state index contributed by atoms with van der Waals surface area (Å²) in [7, 11) is -4.08. The third-order valence-electron chi connectivity index (χ3n) is 5.70. The van der Waals surface area contributed by atoms with Crippen LogP contribution in [0.4, 0.5) is 11.4 Å². The molecule has 0 bridgehead atoms. The van der Waals surface area contributed by atoms with Crippen molar-refractivity contribution >= 4 is 44.7 Å². The first-order chi connectivity index (χ1) is 15.5. The Balaban J connectivity index is 1.79. The fraction of sp³-hybridized carbons (Fsp3) is 0.364. The SMILES string of the molecule is Cc1ccc(C)c(S(=O)(=O)C2(C(=O)OCC(=O)Nc3cc([N+](=O)[O-])ccc3Cl)CCCC2)c1. The van der Waals surface area contributed by atoms with E-state index in [0.717, 1.165) is 11.6 Å². The average molecular weight is 495 g/mol. The van der Waals surface area contributed by atoms with Gasteiger partial charge in [-0.15, -0.1) is 0 Å². The zero-order chi connectivity index (χ0) is 24.4. The number of benzene rings is 2. The third kappa shape index (κ3) is 4.86. The second-order valence-corrected chi connectivity index (χ2v) is 10.7. The Morgan fingerprint density at radius 2 is 1.82 bits per heavy atom. The quantitative estimate of drug-likeness (QED) is 0.347. The molecule has 0 unspecified atom stereocenters. The topological polar surface area (TPSA) is 133 Å².